The number of carbonyl (C=O) groups is 2. The highest BCUT2D eigenvalue weighted by atomic mass is 16.5. The molecule has 0 aliphatic carbocycles. The minimum atomic E-state index is -0.760. The Morgan fingerprint density at radius 2 is 2.00 bits per heavy atom. The standard InChI is InChI=1S/C14H22N2O4/c1-10(2)11-9-12(20-16-11)14(19)15-8-6-4-3-5-7-13(17)18/h9-10H,3-8H2,1-2H3,(H,15,19)(H,17,18). The first-order valence-electron chi connectivity index (χ1n) is 6.97. The molecule has 0 fully saturated rings. The lowest BCUT2D eigenvalue weighted by atomic mass is 10.1. The molecule has 2 N–H and O–H groups in total. The number of aromatic nitrogens is 1. The van der Waals surface area contributed by atoms with Crippen LogP contribution in [0.2, 0.25) is 0 Å². The van der Waals surface area contributed by atoms with Crippen LogP contribution in [0, 0.1) is 0 Å². The Bertz CT molecular complexity index is 440. The molecule has 6 nitrogen and oxygen atoms in total. The van der Waals surface area contributed by atoms with E-state index in [1.807, 2.05) is 13.8 Å². The molecule has 0 aliphatic heterocycles. The molecule has 0 atom stereocenters. The van der Waals surface area contributed by atoms with Gasteiger partial charge in [-0.3, -0.25) is 9.59 Å². The minimum absolute atomic E-state index is 0.211. The number of unbranched alkanes of at least 4 members (excludes halogenated alkanes) is 3. The zero-order valence-corrected chi connectivity index (χ0v) is 12.0. The van der Waals surface area contributed by atoms with E-state index in [0.29, 0.717) is 13.0 Å². The maximum absolute atomic E-state index is 11.7. The highest BCUT2D eigenvalue weighted by Gasteiger charge is 2.13. The third-order valence-corrected chi connectivity index (χ3v) is 2.95. The van der Waals surface area contributed by atoms with Crippen LogP contribution in [0.1, 0.15) is 68.1 Å². The van der Waals surface area contributed by atoms with Gasteiger partial charge in [0.05, 0.1) is 5.69 Å². The molecule has 6 heteroatoms. The number of carboxylic acids is 1. The maximum atomic E-state index is 11.7. The third-order valence-electron chi connectivity index (χ3n) is 2.95. The highest BCUT2D eigenvalue weighted by molar-refractivity contribution is 5.91. The topological polar surface area (TPSA) is 92.4 Å². The molecule has 1 heterocycles. The van der Waals surface area contributed by atoms with Crippen LogP contribution in [0.15, 0.2) is 10.6 Å². The van der Waals surface area contributed by atoms with Crippen LogP contribution in [0.25, 0.3) is 0 Å². The van der Waals surface area contributed by atoms with Gasteiger partial charge in [-0.15, -0.1) is 0 Å². The van der Waals surface area contributed by atoms with Crippen molar-refractivity contribution in [3.8, 4) is 0 Å². The van der Waals surface area contributed by atoms with Crippen LogP contribution in [0.3, 0.4) is 0 Å². The second-order valence-electron chi connectivity index (χ2n) is 5.08. The first kappa shape index (κ1) is 16.2. The normalized spacial score (nSPS) is 10.8. The molecule has 0 radical (unpaired) electrons. The molecule has 112 valence electrons. The number of hydrogen-bond acceptors (Lipinski definition) is 4. The van der Waals surface area contributed by atoms with Gasteiger partial charge in [0.25, 0.3) is 5.91 Å². The van der Waals surface area contributed by atoms with E-state index in [0.717, 1.165) is 25.0 Å². The lowest BCUT2D eigenvalue weighted by Gasteiger charge is -2.02. The van der Waals surface area contributed by atoms with Gasteiger partial charge in [0.1, 0.15) is 0 Å². The maximum Gasteiger partial charge on any atom is 0.303 e. The average molecular weight is 282 g/mol. The SMILES string of the molecule is CC(C)c1cc(C(=O)NCCCCCCC(=O)O)on1. The fourth-order valence-electron chi connectivity index (χ4n) is 1.71. The summed E-state index contributed by atoms with van der Waals surface area (Å²) in [7, 11) is 0. The number of rotatable bonds is 9. The monoisotopic (exact) mass is 282 g/mol. The van der Waals surface area contributed by atoms with E-state index in [1.165, 1.54) is 0 Å². The van der Waals surface area contributed by atoms with Crippen LogP contribution < -0.4 is 5.32 Å². The van der Waals surface area contributed by atoms with Crippen molar-refractivity contribution in [1.29, 1.82) is 0 Å². The summed E-state index contributed by atoms with van der Waals surface area (Å²) in [6.07, 6.45) is 3.49. The second kappa shape index (κ2) is 8.35. The van der Waals surface area contributed by atoms with Crippen molar-refractivity contribution < 1.29 is 19.2 Å². The number of hydrogen-bond donors (Lipinski definition) is 2. The first-order valence-corrected chi connectivity index (χ1v) is 6.97. The Morgan fingerprint density at radius 3 is 2.60 bits per heavy atom. The Morgan fingerprint density at radius 1 is 1.30 bits per heavy atom. The predicted molar refractivity (Wildman–Crippen MR) is 73.6 cm³/mol. The Kier molecular flexibility index (Phi) is 6.76. The second-order valence-corrected chi connectivity index (χ2v) is 5.08. The number of nitrogens with one attached hydrogen (secondary N) is 1. The van der Waals surface area contributed by atoms with Gasteiger partial charge in [0, 0.05) is 19.0 Å². The molecule has 0 aliphatic rings. The van der Waals surface area contributed by atoms with Crippen molar-refractivity contribution in [3.05, 3.63) is 17.5 Å². The summed E-state index contributed by atoms with van der Waals surface area (Å²) in [5, 5.41) is 15.1. The van der Waals surface area contributed by atoms with Crippen LogP contribution in [-0.4, -0.2) is 28.7 Å². The van der Waals surface area contributed by atoms with Gasteiger partial charge in [-0.25, -0.2) is 0 Å². The summed E-state index contributed by atoms with van der Waals surface area (Å²) < 4.78 is 4.98. The van der Waals surface area contributed by atoms with Gasteiger partial charge >= 0.3 is 5.97 Å². The highest BCUT2D eigenvalue weighted by Crippen LogP contribution is 2.13. The van der Waals surface area contributed by atoms with Gasteiger partial charge in [0.15, 0.2) is 0 Å². The van der Waals surface area contributed by atoms with Gasteiger partial charge in [0.2, 0.25) is 5.76 Å². The molecular weight excluding hydrogens is 260 g/mol. The van der Waals surface area contributed by atoms with Crippen molar-refractivity contribution in [2.75, 3.05) is 6.54 Å². The smallest absolute Gasteiger partial charge is 0.303 e. The Balaban J connectivity index is 2.15. The quantitative estimate of drug-likeness (QED) is 0.679. The summed E-state index contributed by atoms with van der Waals surface area (Å²) in [5.74, 6) is -0.548. The molecule has 1 rings (SSSR count). The van der Waals surface area contributed by atoms with Crippen molar-refractivity contribution in [2.45, 2.75) is 51.9 Å². The van der Waals surface area contributed by atoms with Crippen LogP contribution in [0.4, 0.5) is 0 Å². The van der Waals surface area contributed by atoms with Crippen molar-refractivity contribution in [2.24, 2.45) is 0 Å². The van der Waals surface area contributed by atoms with Crippen molar-refractivity contribution in [1.82, 2.24) is 10.5 Å². The molecule has 0 aromatic carbocycles. The molecule has 0 saturated heterocycles. The van der Waals surface area contributed by atoms with E-state index in [-0.39, 0.29) is 24.0 Å². The van der Waals surface area contributed by atoms with Gasteiger partial charge in [-0.1, -0.05) is 31.8 Å². The molecule has 0 unspecified atom stereocenters. The summed E-state index contributed by atoms with van der Waals surface area (Å²) in [5.41, 5.74) is 0.767. The van der Waals surface area contributed by atoms with E-state index in [1.54, 1.807) is 6.07 Å². The van der Waals surface area contributed by atoms with E-state index >= 15 is 0 Å². The summed E-state index contributed by atoms with van der Waals surface area (Å²) in [4.78, 5) is 22.0. The number of carbonyl (C=O) groups excluding carboxylic acids is 1. The third kappa shape index (κ3) is 5.86. The Hall–Kier alpha value is -1.85. The fraction of sp³-hybridized carbons (Fsp3) is 0.643. The number of aliphatic carboxylic acids is 1. The van der Waals surface area contributed by atoms with Crippen LogP contribution in [-0.2, 0) is 4.79 Å². The molecule has 1 amide bonds. The molecule has 0 bridgehead atoms. The molecule has 0 saturated carbocycles. The number of amides is 1. The molecule has 20 heavy (non-hydrogen) atoms. The predicted octanol–water partition coefficient (Wildman–Crippen LogP) is 2.56. The number of nitrogens with zero attached hydrogens (tertiary/aromatic N) is 1. The van der Waals surface area contributed by atoms with Gasteiger partial charge in [-0.05, 0) is 18.8 Å². The largest absolute Gasteiger partial charge is 0.481 e. The van der Waals surface area contributed by atoms with Gasteiger partial charge < -0.3 is 14.9 Å². The zero-order valence-electron chi connectivity index (χ0n) is 12.0. The summed E-state index contributed by atoms with van der Waals surface area (Å²) in [6, 6.07) is 1.66. The van der Waals surface area contributed by atoms with Crippen molar-refractivity contribution in [3.63, 3.8) is 0 Å². The van der Waals surface area contributed by atoms with Crippen LogP contribution >= 0.6 is 0 Å². The summed E-state index contributed by atoms with van der Waals surface area (Å²) >= 11 is 0. The molecule has 1 aromatic heterocycles. The lowest BCUT2D eigenvalue weighted by molar-refractivity contribution is -0.137. The molecule has 0 spiro atoms. The van der Waals surface area contributed by atoms with E-state index in [2.05, 4.69) is 10.5 Å². The average Bonchev–Trinajstić information content (AvgIpc) is 2.86. The van der Waals surface area contributed by atoms with Crippen molar-refractivity contribution >= 4 is 11.9 Å². The Labute approximate surface area is 118 Å². The lowest BCUT2D eigenvalue weighted by Crippen LogP contribution is -2.23. The van der Waals surface area contributed by atoms with E-state index < -0.39 is 5.97 Å². The molecule has 1 aromatic rings. The fourth-order valence-corrected chi connectivity index (χ4v) is 1.71. The number of carboxylic acid groups (broad SMARTS) is 1. The van der Waals surface area contributed by atoms with E-state index in [9.17, 15) is 9.59 Å². The van der Waals surface area contributed by atoms with Gasteiger partial charge in [-0.2, -0.15) is 0 Å². The van der Waals surface area contributed by atoms with Crippen LogP contribution in [0.5, 0.6) is 0 Å². The molecular formula is C14H22N2O4. The first-order chi connectivity index (χ1) is 9.50. The van der Waals surface area contributed by atoms with E-state index in [4.69, 9.17) is 9.63 Å². The zero-order chi connectivity index (χ0) is 15.0. The summed E-state index contributed by atoms with van der Waals surface area (Å²) in [6.45, 7) is 4.52. The minimum Gasteiger partial charge on any atom is -0.481 e.